The third-order valence-electron chi connectivity index (χ3n) is 4.08. The molecule has 2 heterocycles. The number of ether oxygens (including phenoxy) is 1. The van der Waals surface area contributed by atoms with Gasteiger partial charge in [0.25, 0.3) is 5.91 Å². The van der Waals surface area contributed by atoms with E-state index in [2.05, 4.69) is 9.97 Å². The number of nitrogens with zero attached hydrogens (tertiary/aromatic N) is 4. The number of anilines is 1. The van der Waals surface area contributed by atoms with Gasteiger partial charge in [-0.3, -0.25) is 4.79 Å². The number of rotatable bonds is 3. The minimum atomic E-state index is -0.601. The van der Waals surface area contributed by atoms with Crippen LogP contribution in [0.3, 0.4) is 0 Å². The van der Waals surface area contributed by atoms with E-state index in [1.165, 1.54) is 18.2 Å². The van der Waals surface area contributed by atoms with Crippen LogP contribution in [0.5, 0.6) is 5.88 Å². The van der Waals surface area contributed by atoms with Crippen LogP contribution in [0.15, 0.2) is 24.3 Å². The summed E-state index contributed by atoms with van der Waals surface area (Å²) in [6.45, 7) is 3.87. The molecule has 1 aliphatic heterocycles. The number of carbonyl (C=O) groups excluding carboxylic acids is 1. The topological polar surface area (TPSA) is 58.6 Å². The second-order valence-corrected chi connectivity index (χ2v) is 6.10. The minimum Gasteiger partial charge on any atom is -0.481 e. The van der Waals surface area contributed by atoms with Crippen molar-refractivity contribution in [2.45, 2.75) is 6.92 Å². The number of halogens is 2. The molecule has 1 amide bonds. The number of carbonyl (C=O) groups is 1. The van der Waals surface area contributed by atoms with Crippen LogP contribution in [0, 0.1) is 12.7 Å². The molecule has 0 bridgehead atoms. The predicted octanol–water partition coefficient (Wildman–Crippen LogP) is 2.55. The molecule has 3 rings (SSSR count). The summed E-state index contributed by atoms with van der Waals surface area (Å²) in [6.07, 6.45) is 0. The third-order valence-corrected chi connectivity index (χ3v) is 4.39. The summed E-state index contributed by atoms with van der Waals surface area (Å²) in [7, 11) is 1.56. The first-order chi connectivity index (χ1) is 12.0. The Morgan fingerprint density at radius 3 is 2.60 bits per heavy atom. The molecule has 6 nitrogen and oxygen atoms in total. The van der Waals surface area contributed by atoms with Gasteiger partial charge in [-0.05, 0) is 19.1 Å². The molecule has 0 atom stereocenters. The zero-order valence-electron chi connectivity index (χ0n) is 14.0. The Kier molecular flexibility index (Phi) is 5.03. The van der Waals surface area contributed by atoms with E-state index in [4.69, 9.17) is 16.3 Å². The Morgan fingerprint density at radius 1 is 1.24 bits per heavy atom. The lowest BCUT2D eigenvalue weighted by Gasteiger charge is -2.35. The highest BCUT2D eigenvalue weighted by atomic mass is 35.5. The monoisotopic (exact) mass is 364 g/mol. The largest absolute Gasteiger partial charge is 0.481 e. The first-order valence-corrected chi connectivity index (χ1v) is 8.25. The second-order valence-electron chi connectivity index (χ2n) is 5.69. The molecular formula is C17H18ClFN4O2. The lowest BCUT2D eigenvalue weighted by molar-refractivity contribution is 0.0742. The molecule has 132 valence electrons. The van der Waals surface area contributed by atoms with Gasteiger partial charge < -0.3 is 14.5 Å². The molecule has 0 spiro atoms. The van der Waals surface area contributed by atoms with Gasteiger partial charge in [0.2, 0.25) is 5.88 Å². The van der Waals surface area contributed by atoms with Crippen molar-refractivity contribution in [2.24, 2.45) is 0 Å². The summed E-state index contributed by atoms with van der Waals surface area (Å²) in [5.41, 5.74) is -0.0721. The summed E-state index contributed by atoms with van der Waals surface area (Å²) in [6, 6.07) is 6.00. The van der Waals surface area contributed by atoms with Crippen molar-refractivity contribution in [1.29, 1.82) is 0 Å². The molecule has 1 aromatic carbocycles. The zero-order chi connectivity index (χ0) is 18.0. The minimum absolute atomic E-state index is 0.0721. The summed E-state index contributed by atoms with van der Waals surface area (Å²) >= 11 is 5.99. The van der Waals surface area contributed by atoms with Gasteiger partial charge in [-0.2, -0.15) is 4.98 Å². The van der Waals surface area contributed by atoms with Crippen molar-refractivity contribution in [2.75, 3.05) is 38.2 Å². The van der Waals surface area contributed by atoms with Gasteiger partial charge in [0, 0.05) is 32.2 Å². The van der Waals surface area contributed by atoms with Gasteiger partial charge in [0.1, 0.15) is 17.5 Å². The van der Waals surface area contributed by atoms with E-state index in [1.54, 1.807) is 25.0 Å². The maximum atomic E-state index is 14.0. The zero-order valence-corrected chi connectivity index (χ0v) is 14.8. The van der Waals surface area contributed by atoms with Crippen LogP contribution < -0.4 is 9.64 Å². The molecule has 0 aliphatic carbocycles. The number of methoxy groups -OCH3 is 1. The van der Waals surface area contributed by atoms with Crippen LogP contribution in [0.1, 0.15) is 16.2 Å². The lowest BCUT2D eigenvalue weighted by atomic mass is 10.1. The summed E-state index contributed by atoms with van der Waals surface area (Å²) in [4.78, 5) is 24.8. The summed E-state index contributed by atoms with van der Waals surface area (Å²) in [5.74, 6) is 0.876. The SMILES string of the molecule is COc1cc(N2CCN(C(=O)c3c(F)cccc3Cl)CC2)nc(C)n1. The first kappa shape index (κ1) is 17.4. The Labute approximate surface area is 150 Å². The second kappa shape index (κ2) is 7.23. The first-order valence-electron chi connectivity index (χ1n) is 7.87. The number of hydrogen-bond donors (Lipinski definition) is 0. The molecular weight excluding hydrogens is 347 g/mol. The van der Waals surface area contributed by atoms with Crippen LogP contribution >= 0.6 is 11.6 Å². The van der Waals surface area contributed by atoms with E-state index < -0.39 is 5.82 Å². The predicted molar refractivity (Wildman–Crippen MR) is 92.8 cm³/mol. The van der Waals surface area contributed by atoms with Crippen LogP contribution in [-0.2, 0) is 0 Å². The van der Waals surface area contributed by atoms with E-state index in [-0.39, 0.29) is 16.5 Å². The molecule has 1 fully saturated rings. The average Bonchev–Trinajstić information content (AvgIpc) is 2.61. The highest BCUT2D eigenvalue weighted by Gasteiger charge is 2.26. The van der Waals surface area contributed by atoms with Crippen molar-refractivity contribution in [3.05, 3.63) is 46.5 Å². The highest BCUT2D eigenvalue weighted by Crippen LogP contribution is 2.23. The quantitative estimate of drug-likeness (QED) is 0.837. The van der Waals surface area contributed by atoms with Crippen molar-refractivity contribution >= 4 is 23.3 Å². The van der Waals surface area contributed by atoms with Gasteiger partial charge in [-0.15, -0.1) is 0 Å². The average molecular weight is 365 g/mol. The number of aryl methyl sites for hydroxylation is 1. The molecule has 0 saturated carbocycles. The maximum absolute atomic E-state index is 14.0. The highest BCUT2D eigenvalue weighted by molar-refractivity contribution is 6.33. The molecule has 25 heavy (non-hydrogen) atoms. The Balaban J connectivity index is 1.72. The van der Waals surface area contributed by atoms with Crippen molar-refractivity contribution in [3.8, 4) is 5.88 Å². The fourth-order valence-corrected chi connectivity index (χ4v) is 3.03. The van der Waals surface area contributed by atoms with Crippen LogP contribution in [-0.4, -0.2) is 54.1 Å². The standard InChI is InChI=1S/C17H18ClFN4O2/c1-11-20-14(10-15(21-11)25-2)22-6-8-23(9-7-22)17(24)16-12(18)4-3-5-13(16)19/h3-5,10H,6-9H2,1-2H3. The fourth-order valence-electron chi connectivity index (χ4n) is 2.79. The fraction of sp³-hybridized carbons (Fsp3) is 0.353. The Morgan fingerprint density at radius 2 is 1.96 bits per heavy atom. The van der Waals surface area contributed by atoms with Gasteiger partial charge in [0.15, 0.2) is 0 Å². The number of benzene rings is 1. The van der Waals surface area contributed by atoms with Crippen molar-refractivity contribution < 1.29 is 13.9 Å². The van der Waals surface area contributed by atoms with E-state index in [0.717, 1.165) is 5.82 Å². The lowest BCUT2D eigenvalue weighted by Crippen LogP contribution is -2.49. The molecule has 1 saturated heterocycles. The number of piperazine rings is 1. The van der Waals surface area contributed by atoms with E-state index in [1.807, 2.05) is 4.90 Å². The third kappa shape index (κ3) is 3.66. The van der Waals surface area contributed by atoms with E-state index >= 15 is 0 Å². The van der Waals surface area contributed by atoms with Crippen molar-refractivity contribution in [1.82, 2.24) is 14.9 Å². The summed E-state index contributed by atoms with van der Waals surface area (Å²) < 4.78 is 19.1. The van der Waals surface area contributed by atoms with Gasteiger partial charge >= 0.3 is 0 Å². The normalized spacial score (nSPS) is 14.6. The van der Waals surface area contributed by atoms with Gasteiger partial charge in [0.05, 0.1) is 17.7 Å². The smallest absolute Gasteiger partial charge is 0.258 e. The Bertz CT molecular complexity index is 774. The molecule has 2 aromatic rings. The van der Waals surface area contributed by atoms with E-state index in [9.17, 15) is 9.18 Å². The molecule has 0 radical (unpaired) electrons. The number of hydrogen-bond acceptors (Lipinski definition) is 5. The van der Waals surface area contributed by atoms with Crippen molar-refractivity contribution in [3.63, 3.8) is 0 Å². The summed E-state index contributed by atoms with van der Waals surface area (Å²) in [5, 5.41) is 0.128. The van der Waals surface area contributed by atoms with Gasteiger partial charge in [-0.1, -0.05) is 17.7 Å². The molecule has 1 aliphatic rings. The number of amides is 1. The van der Waals surface area contributed by atoms with Crippen LogP contribution in [0.25, 0.3) is 0 Å². The molecule has 0 unspecified atom stereocenters. The van der Waals surface area contributed by atoms with Crippen LogP contribution in [0.2, 0.25) is 5.02 Å². The molecule has 8 heteroatoms. The molecule has 1 aromatic heterocycles. The Hall–Kier alpha value is -2.41. The molecule has 0 N–H and O–H groups in total. The van der Waals surface area contributed by atoms with Gasteiger partial charge in [-0.25, -0.2) is 9.37 Å². The van der Waals surface area contributed by atoms with Crippen LogP contribution in [0.4, 0.5) is 10.2 Å². The maximum Gasteiger partial charge on any atom is 0.258 e. The van der Waals surface area contributed by atoms with E-state index in [0.29, 0.717) is 37.9 Å². The number of aromatic nitrogens is 2.